The van der Waals surface area contributed by atoms with E-state index in [9.17, 15) is 4.79 Å². The van der Waals surface area contributed by atoms with Gasteiger partial charge >= 0.3 is 0 Å². The minimum atomic E-state index is -0.121. The normalized spacial score (nSPS) is 11.0. The summed E-state index contributed by atoms with van der Waals surface area (Å²) in [7, 11) is 0. The van der Waals surface area contributed by atoms with Gasteiger partial charge in [-0.25, -0.2) is 4.98 Å². The van der Waals surface area contributed by atoms with Crippen LogP contribution in [0.2, 0.25) is 0 Å². The first-order chi connectivity index (χ1) is 17.7. The second kappa shape index (κ2) is 9.12. The molecule has 0 aliphatic rings. The molecule has 5 aromatic carbocycles. The number of carbonyl (C=O) groups is 1. The van der Waals surface area contributed by atoms with Crippen LogP contribution in [0, 0.1) is 6.92 Å². The first kappa shape index (κ1) is 21.8. The van der Waals surface area contributed by atoms with Crippen molar-refractivity contribution in [2.24, 2.45) is 0 Å². The van der Waals surface area contributed by atoms with Crippen molar-refractivity contribution in [3.05, 3.63) is 132 Å². The average Bonchev–Trinajstić information content (AvgIpc) is 2.93. The number of anilines is 1. The van der Waals surface area contributed by atoms with E-state index in [1.54, 1.807) is 0 Å². The molecule has 0 unspecified atom stereocenters. The van der Waals surface area contributed by atoms with Gasteiger partial charge in [0.1, 0.15) is 0 Å². The molecule has 0 saturated carbocycles. The number of nitrogens with zero attached hydrogens (tertiary/aromatic N) is 1. The molecule has 0 aliphatic carbocycles. The molecule has 6 aromatic rings. The van der Waals surface area contributed by atoms with Gasteiger partial charge in [0.25, 0.3) is 5.91 Å². The predicted molar refractivity (Wildman–Crippen MR) is 149 cm³/mol. The fraction of sp³-hybridized carbons (Fsp3) is 0.0303. The van der Waals surface area contributed by atoms with Gasteiger partial charge in [-0.05, 0) is 65.2 Å². The molecule has 6 rings (SSSR count). The Kier molecular flexibility index (Phi) is 5.51. The highest BCUT2D eigenvalue weighted by molar-refractivity contribution is 6.13. The summed E-state index contributed by atoms with van der Waals surface area (Å²) in [5.41, 5.74) is 7.68. The van der Waals surface area contributed by atoms with Crippen molar-refractivity contribution in [3.63, 3.8) is 0 Å². The van der Waals surface area contributed by atoms with Gasteiger partial charge in [-0.15, -0.1) is 0 Å². The number of hydrogen-bond acceptors (Lipinski definition) is 2. The van der Waals surface area contributed by atoms with E-state index in [0.29, 0.717) is 5.56 Å². The molecule has 0 spiro atoms. The molecule has 0 aliphatic heterocycles. The highest BCUT2D eigenvalue weighted by atomic mass is 16.1. The molecular formula is C33H24N2O. The highest BCUT2D eigenvalue weighted by Gasteiger charge is 2.13. The van der Waals surface area contributed by atoms with Crippen molar-refractivity contribution in [2.45, 2.75) is 6.92 Å². The largest absolute Gasteiger partial charge is 0.322 e. The van der Waals surface area contributed by atoms with Crippen LogP contribution in [0.3, 0.4) is 0 Å². The summed E-state index contributed by atoms with van der Waals surface area (Å²) in [6.07, 6.45) is 0. The Morgan fingerprint density at radius 1 is 0.694 bits per heavy atom. The highest BCUT2D eigenvalue weighted by Crippen LogP contribution is 2.36. The van der Waals surface area contributed by atoms with Crippen LogP contribution >= 0.6 is 0 Å². The monoisotopic (exact) mass is 464 g/mol. The van der Waals surface area contributed by atoms with Crippen molar-refractivity contribution in [1.29, 1.82) is 0 Å². The van der Waals surface area contributed by atoms with Crippen molar-refractivity contribution >= 4 is 33.3 Å². The maximum absolute atomic E-state index is 12.6. The van der Waals surface area contributed by atoms with Gasteiger partial charge in [-0.1, -0.05) is 90.5 Å². The molecule has 1 amide bonds. The van der Waals surface area contributed by atoms with Crippen molar-refractivity contribution in [2.75, 3.05) is 5.32 Å². The molecule has 1 heterocycles. The number of pyridine rings is 1. The van der Waals surface area contributed by atoms with E-state index in [-0.39, 0.29) is 5.91 Å². The number of amides is 1. The Balaban J connectivity index is 1.40. The van der Waals surface area contributed by atoms with Crippen LogP contribution in [0.4, 0.5) is 5.69 Å². The van der Waals surface area contributed by atoms with Gasteiger partial charge in [0.2, 0.25) is 0 Å². The van der Waals surface area contributed by atoms with E-state index in [0.717, 1.165) is 44.5 Å². The Morgan fingerprint density at radius 2 is 1.42 bits per heavy atom. The number of aryl methyl sites for hydroxylation is 1. The molecule has 0 bridgehead atoms. The quantitative estimate of drug-likeness (QED) is 0.267. The smallest absolute Gasteiger partial charge is 0.255 e. The standard InChI is InChI=1S/C33H24N2O/c1-22-11-13-26(14-12-22)33(36)34-27-18-15-25(16-19-27)31-21-29(23-7-3-2-4-8-23)32-28-10-6-5-9-24(28)17-20-30(32)35-31/h2-21H,1H3,(H,34,36). The first-order valence-corrected chi connectivity index (χ1v) is 12.0. The molecule has 3 heteroatoms. The molecule has 0 radical (unpaired) electrons. The van der Waals surface area contributed by atoms with Crippen LogP contribution in [-0.2, 0) is 0 Å². The van der Waals surface area contributed by atoms with Gasteiger partial charge in [0.15, 0.2) is 0 Å². The lowest BCUT2D eigenvalue weighted by atomic mass is 9.94. The summed E-state index contributed by atoms with van der Waals surface area (Å²) in [6.45, 7) is 2.01. The number of nitrogens with one attached hydrogen (secondary N) is 1. The van der Waals surface area contributed by atoms with Crippen LogP contribution < -0.4 is 5.32 Å². The average molecular weight is 465 g/mol. The van der Waals surface area contributed by atoms with Crippen LogP contribution in [-0.4, -0.2) is 10.9 Å². The number of rotatable bonds is 4. The van der Waals surface area contributed by atoms with Gasteiger partial charge < -0.3 is 5.32 Å². The maximum Gasteiger partial charge on any atom is 0.255 e. The third-order valence-electron chi connectivity index (χ3n) is 6.54. The zero-order valence-corrected chi connectivity index (χ0v) is 19.9. The minimum absolute atomic E-state index is 0.121. The number of aromatic nitrogens is 1. The Labute approximate surface area is 210 Å². The zero-order valence-electron chi connectivity index (χ0n) is 19.9. The number of carbonyl (C=O) groups excluding carboxylic acids is 1. The second-order valence-electron chi connectivity index (χ2n) is 9.00. The van der Waals surface area contributed by atoms with E-state index in [2.05, 4.69) is 72.0 Å². The Morgan fingerprint density at radius 3 is 2.19 bits per heavy atom. The summed E-state index contributed by atoms with van der Waals surface area (Å²) < 4.78 is 0. The molecule has 172 valence electrons. The van der Waals surface area contributed by atoms with E-state index in [1.807, 2.05) is 61.5 Å². The van der Waals surface area contributed by atoms with E-state index in [4.69, 9.17) is 4.98 Å². The lowest BCUT2D eigenvalue weighted by Gasteiger charge is -2.13. The Hall–Kier alpha value is -4.76. The lowest BCUT2D eigenvalue weighted by molar-refractivity contribution is 0.102. The van der Waals surface area contributed by atoms with Crippen LogP contribution in [0.15, 0.2) is 121 Å². The summed E-state index contributed by atoms with van der Waals surface area (Å²) in [5, 5.41) is 6.54. The van der Waals surface area contributed by atoms with Gasteiger partial charge in [0.05, 0.1) is 11.2 Å². The third kappa shape index (κ3) is 4.12. The van der Waals surface area contributed by atoms with Crippen molar-refractivity contribution < 1.29 is 4.79 Å². The zero-order chi connectivity index (χ0) is 24.5. The molecule has 1 aromatic heterocycles. The molecule has 36 heavy (non-hydrogen) atoms. The summed E-state index contributed by atoms with van der Waals surface area (Å²) >= 11 is 0. The van der Waals surface area contributed by atoms with Crippen LogP contribution in [0.5, 0.6) is 0 Å². The number of fused-ring (bicyclic) bond motifs is 3. The summed E-state index contributed by atoms with van der Waals surface area (Å²) in [6, 6.07) is 40.7. The van der Waals surface area contributed by atoms with E-state index in [1.165, 1.54) is 10.8 Å². The molecule has 3 nitrogen and oxygen atoms in total. The van der Waals surface area contributed by atoms with Gasteiger partial charge in [-0.2, -0.15) is 0 Å². The maximum atomic E-state index is 12.6. The minimum Gasteiger partial charge on any atom is -0.322 e. The fourth-order valence-corrected chi connectivity index (χ4v) is 4.63. The first-order valence-electron chi connectivity index (χ1n) is 12.0. The summed E-state index contributed by atoms with van der Waals surface area (Å²) in [4.78, 5) is 17.7. The van der Waals surface area contributed by atoms with Crippen LogP contribution in [0.1, 0.15) is 15.9 Å². The van der Waals surface area contributed by atoms with E-state index >= 15 is 0 Å². The topological polar surface area (TPSA) is 42.0 Å². The summed E-state index contributed by atoms with van der Waals surface area (Å²) in [5.74, 6) is -0.121. The van der Waals surface area contributed by atoms with Crippen LogP contribution in [0.25, 0.3) is 44.1 Å². The second-order valence-corrected chi connectivity index (χ2v) is 9.00. The fourth-order valence-electron chi connectivity index (χ4n) is 4.63. The van der Waals surface area contributed by atoms with E-state index < -0.39 is 0 Å². The van der Waals surface area contributed by atoms with Crippen molar-refractivity contribution in [3.8, 4) is 22.4 Å². The molecular weight excluding hydrogens is 440 g/mol. The SMILES string of the molecule is Cc1ccc(C(=O)Nc2ccc(-c3cc(-c4ccccc4)c4c(ccc5ccccc54)n3)cc2)cc1. The van der Waals surface area contributed by atoms with Crippen molar-refractivity contribution in [1.82, 2.24) is 4.98 Å². The number of benzene rings is 5. The molecule has 1 N–H and O–H groups in total. The van der Waals surface area contributed by atoms with Gasteiger partial charge in [0, 0.05) is 22.2 Å². The third-order valence-corrected chi connectivity index (χ3v) is 6.54. The number of hydrogen-bond donors (Lipinski definition) is 1. The van der Waals surface area contributed by atoms with Gasteiger partial charge in [-0.3, -0.25) is 4.79 Å². The lowest BCUT2D eigenvalue weighted by Crippen LogP contribution is -2.11. The predicted octanol–water partition coefficient (Wildman–Crippen LogP) is 8.28. The Bertz CT molecular complexity index is 1700. The molecule has 0 atom stereocenters. The molecule has 0 fully saturated rings. The molecule has 0 saturated heterocycles.